The minimum absolute atomic E-state index is 0. The monoisotopic (exact) mass is 351 g/mol. The Bertz CT molecular complexity index is 675. The minimum Gasteiger partial charge on any atom is -0.361 e. The number of imidazole rings is 1. The number of fused-ring (bicyclic) bond motifs is 1. The van der Waals surface area contributed by atoms with Gasteiger partial charge in [-0.05, 0) is 18.6 Å². The Morgan fingerprint density at radius 2 is 1.67 bits per heavy atom. The Morgan fingerprint density at radius 3 is 2.33 bits per heavy atom. The Balaban J connectivity index is 0.00000288. The smallest absolute Gasteiger partial charge is 0.205 e. The van der Waals surface area contributed by atoms with E-state index < -0.39 is 0 Å². The Labute approximate surface area is 151 Å². The van der Waals surface area contributed by atoms with Crippen LogP contribution in [0.25, 0.3) is 11.0 Å². The molecule has 0 bridgehead atoms. The maximum absolute atomic E-state index is 8.37. The van der Waals surface area contributed by atoms with E-state index in [0.717, 1.165) is 24.1 Å². The second-order valence-corrected chi connectivity index (χ2v) is 5.94. The molecule has 0 fully saturated rings. The van der Waals surface area contributed by atoms with Crippen LogP contribution in [-0.4, -0.2) is 15.7 Å². The number of ether oxygens (including phenoxy) is 1. The van der Waals surface area contributed by atoms with Crippen LogP contribution in [0, 0.1) is 5.41 Å². The van der Waals surface area contributed by atoms with Crippen molar-refractivity contribution in [3.05, 3.63) is 42.5 Å². The lowest BCUT2D eigenvalue weighted by atomic mass is 10.1. The van der Waals surface area contributed by atoms with Crippen molar-refractivity contribution >= 4 is 23.4 Å². The van der Waals surface area contributed by atoms with Crippen molar-refractivity contribution in [3.8, 4) is 0 Å². The first kappa shape index (κ1) is 20.5. The average molecular weight is 352 g/mol. The summed E-state index contributed by atoms with van der Waals surface area (Å²) in [6.07, 6.45) is 9.41. The summed E-state index contributed by atoms with van der Waals surface area (Å²) in [6, 6.07) is 8.09. The molecule has 0 saturated heterocycles. The zero-order valence-electron chi connectivity index (χ0n) is 14.7. The molecule has 0 radical (unpaired) electrons. The van der Waals surface area contributed by atoms with E-state index in [2.05, 4.69) is 13.5 Å². The van der Waals surface area contributed by atoms with Crippen LogP contribution in [0.15, 0.2) is 36.9 Å². The number of para-hydroxylation sites is 2. The standard InChI is InChI=1S/C19H29N3O.ClH/c1-3-5-6-7-8-11-15-23-16-22-18-13-10-9-12-17(18)21(14-4-2)19(22)20;/h4,9-10,12-13,20H,2-3,5-8,11,14-16H2,1H3;1H. The number of hydrogen-bond donors (Lipinski definition) is 1. The van der Waals surface area contributed by atoms with E-state index in [-0.39, 0.29) is 12.4 Å². The molecule has 0 aliphatic rings. The van der Waals surface area contributed by atoms with Gasteiger partial charge in [-0.1, -0.05) is 57.2 Å². The van der Waals surface area contributed by atoms with Gasteiger partial charge in [0, 0.05) is 13.2 Å². The quantitative estimate of drug-likeness (QED) is 0.455. The molecule has 0 amide bonds. The lowest BCUT2D eigenvalue weighted by molar-refractivity contribution is 0.0730. The SMILES string of the molecule is C=CCn1c(=N)n(COCCCCCCCC)c2ccccc21.Cl. The molecule has 0 aliphatic carbocycles. The Hall–Kier alpha value is -1.52. The number of aromatic nitrogens is 2. The van der Waals surface area contributed by atoms with E-state index in [1.165, 1.54) is 32.1 Å². The summed E-state index contributed by atoms with van der Waals surface area (Å²) in [7, 11) is 0. The summed E-state index contributed by atoms with van der Waals surface area (Å²) in [5.74, 6) is 0. The molecule has 2 rings (SSSR count). The maximum Gasteiger partial charge on any atom is 0.205 e. The minimum atomic E-state index is 0. The number of halogens is 1. The van der Waals surface area contributed by atoms with E-state index in [1.54, 1.807) is 0 Å². The van der Waals surface area contributed by atoms with Crippen LogP contribution < -0.4 is 5.62 Å². The number of hydrogen-bond acceptors (Lipinski definition) is 2. The van der Waals surface area contributed by atoms with Crippen LogP contribution in [0.4, 0.5) is 0 Å². The first-order valence-electron chi connectivity index (χ1n) is 8.71. The lowest BCUT2D eigenvalue weighted by Gasteiger charge is -2.06. The fourth-order valence-electron chi connectivity index (χ4n) is 2.88. The van der Waals surface area contributed by atoms with Gasteiger partial charge in [-0.15, -0.1) is 19.0 Å². The number of nitrogens with one attached hydrogen (secondary N) is 1. The van der Waals surface area contributed by atoms with Crippen molar-refractivity contribution in [3.63, 3.8) is 0 Å². The fraction of sp³-hybridized carbons (Fsp3) is 0.526. The van der Waals surface area contributed by atoms with Crippen molar-refractivity contribution in [1.29, 1.82) is 5.41 Å². The summed E-state index contributed by atoms with van der Waals surface area (Å²) in [6.45, 7) is 7.87. The molecule has 4 nitrogen and oxygen atoms in total. The van der Waals surface area contributed by atoms with E-state index in [4.69, 9.17) is 10.1 Å². The molecule has 1 aromatic carbocycles. The molecule has 2 aromatic rings. The number of rotatable bonds is 11. The molecular formula is C19H30ClN3O. The van der Waals surface area contributed by atoms with Crippen molar-refractivity contribution in [2.75, 3.05) is 6.61 Å². The molecule has 1 aromatic heterocycles. The summed E-state index contributed by atoms with van der Waals surface area (Å²) >= 11 is 0. The first-order valence-corrected chi connectivity index (χ1v) is 8.71. The molecule has 0 unspecified atom stereocenters. The summed E-state index contributed by atoms with van der Waals surface area (Å²) in [5.41, 5.74) is 2.57. The average Bonchev–Trinajstić information content (AvgIpc) is 2.83. The Morgan fingerprint density at radius 1 is 1.04 bits per heavy atom. The second kappa shape index (κ2) is 11.1. The molecule has 1 heterocycles. The fourth-order valence-corrected chi connectivity index (χ4v) is 2.88. The highest BCUT2D eigenvalue weighted by Crippen LogP contribution is 2.13. The lowest BCUT2D eigenvalue weighted by Crippen LogP contribution is -2.25. The van der Waals surface area contributed by atoms with Crippen molar-refractivity contribution in [2.24, 2.45) is 0 Å². The molecule has 0 aliphatic heterocycles. The van der Waals surface area contributed by atoms with Crippen molar-refractivity contribution in [1.82, 2.24) is 9.13 Å². The van der Waals surface area contributed by atoms with Crippen molar-refractivity contribution < 1.29 is 4.74 Å². The van der Waals surface area contributed by atoms with Crippen molar-refractivity contribution in [2.45, 2.75) is 58.7 Å². The van der Waals surface area contributed by atoms with Gasteiger partial charge >= 0.3 is 0 Å². The van der Waals surface area contributed by atoms with Crippen LogP contribution in [0.3, 0.4) is 0 Å². The van der Waals surface area contributed by atoms with Gasteiger partial charge in [0.15, 0.2) is 0 Å². The highest BCUT2D eigenvalue weighted by molar-refractivity contribution is 5.85. The van der Waals surface area contributed by atoms with Gasteiger partial charge in [-0.2, -0.15) is 0 Å². The van der Waals surface area contributed by atoms with Crippen LogP contribution in [-0.2, 0) is 18.0 Å². The topological polar surface area (TPSA) is 42.9 Å². The largest absolute Gasteiger partial charge is 0.361 e. The molecule has 5 heteroatoms. The normalized spacial score (nSPS) is 10.7. The maximum atomic E-state index is 8.37. The van der Waals surface area contributed by atoms with E-state index >= 15 is 0 Å². The molecule has 1 N–H and O–H groups in total. The third kappa shape index (κ3) is 5.25. The molecule has 0 spiro atoms. The predicted molar refractivity (Wildman–Crippen MR) is 103 cm³/mol. The number of allylic oxidation sites excluding steroid dienone is 1. The van der Waals surface area contributed by atoms with Gasteiger partial charge in [-0.3, -0.25) is 9.98 Å². The van der Waals surface area contributed by atoms with Gasteiger partial charge in [0.25, 0.3) is 0 Å². The summed E-state index contributed by atoms with van der Waals surface area (Å²) in [4.78, 5) is 0. The highest BCUT2D eigenvalue weighted by Gasteiger charge is 2.09. The number of benzene rings is 1. The third-order valence-electron chi connectivity index (χ3n) is 4.15. The number of unbranched alkanes of at least 4 members (excludes halogenated alkanes) is 5. The van der Waals surface area contributed by atoms with Crippen LogP contribution in [0.5, 0.6) is 0 Å². The molecular weight excluding hydrogens is 322 g/mol. The van der Waals surface area contributed by atoms with Crippen LogP contribution in [0.1, 0.15) is 45.4 Å². The van der Waals surface area contributed by atoms with Gasteiger partial charge in [0.1, 0.15) is 6.73 Å². The summed E-state index contributed by atoms with van der Waals surface area (Å²) in [5, 5.41) is 8.37. The Kier molecular flexibility index (Phi) is 9.50. The third-order valence-corrected chi connectivity index (χ3v) is 4.15. The zero-order chi connectivity index (χ0) is 16.5. The molecule has 24 heavy (non-hydrogen) atoms. The molecule has 0 saturated carbocycles. The highest BCUT2D eigenvalue weighted by atomic mass is 35.5. The first-order chi connectivity index (χ1) is 11.3. The van der Waals surface area contributed by atoms with Crippen LogP contribution >= 0.6 is 12.4 Å². The second-order valence-electron chi connectivity index (χ2n) is 5.94. The van der Waals surface area contributed by atoms with E-state index in [1.807, 2.05) is 39.5 Å². The van der Waals surface area contributed by atoms with E-state index in [9.17, 15) is 0 Å². The van der Waals surface area contributed by atoms with Gasteiger partial charge < -0.3 is 9.30 Å². The van der Waals surface area contributed by atoms with Gasteiger partial charge in [0.2, 0.25) is 5.62 Å². The zero-order valence-corrected chi connectivity index (χ0v) is 15.5. The summed E-state index contributed by atoms with van der Waals surface area (Å²) < 4.78 is 9.69. The molecule has 134 valence electrons. The molecule has 0 atom stereocenters. The van der Waals surface area contributed by atoms with Crippen LogP contribution in [0.2, 0.25) is 0 Å². The van der Waals surface area contributed by atoms with Gasteiger partial charge in [0.05, 0.1) is 11.0 Å². The van der Waals surface area contributed by atoms with Gasteiger partial charge in [-0.25, -0.2) is 0 Å². The number of nitrogens with zero attached hydrogens (tertiary/aromatic N) is 2. The predicted octanol–water partition coefficient (Wildman–Crippen LogP) is 4.86. The van der Waals surface area contributed by atoms with E-state index in [0.29, 0.717) is 18.9 Å².